The summed E-state index contributed by atoms with van der Waals surface area (Å²) in [7, 11) is -4.02. The molecule has 0 aromatic heterocycles. The molecule has 0 amide bonds. The lowest BCUT2D eigenvalue weighted by Gasteiger charge is -2.07. The first-order valence-electron chi connectivity index (χ1n) is 5.18. The van der Waals surface area contributed by atoms with E-state index in [1.165, 1.54) is 6.92 Å². The van der Waals surface area contributed by atoms with Gasteiger partial charge < -0.3 is 0 Å². The predicted octanol–water partition coefficient (Wildman–Crippen LogP) is 2.99. The minimum Gasteiger partial charge on any atom is -0.221 e. The van der Waals surface area contributed by atoms with Gasteiger partial charge in [0.05, 0.1) is 5.23 Å². The maximum Gasteiger partial charge on any atom is 0.238 e. The van der Waals surface area contributed by atoms with Gasteiger partial charge in [0, 0.05) is 10.8 Å². The SMILES string of the molecule is [2H][C@@](C)(CCCCCC)S(=O)(=O)N=[N+]=[N-]. The molecule has 1 atom stereocenters. The van der Waals surface area contributed by atoms with Crippen LogP contribution in [-0.2, 0) is 10.0 Å². The van der Waals surface area contributed by atoms with Gasteiger partial charge >= 0.3 is 0 Å². The quantitative estimate of drug-likeness (QED) is 0.286. The van der Waals surface area contributed by atoms with Gasteiger partial charge in [-0.25, -0.2) is 8.42 Å². The van der Waals surface area contributed by atoms with Crippen LogP contribution in [0.25, 0.3) is 10.4 Å². The van der Waals surface area contributed by atoms with E-state index < -0.39 is 15.2 Å². The van der Waals surface area contributed by atoms with Gasteiger partial charge in [0.15, 0.2) is 0 Å². The number of nitrogens with zero attached hydrogens (tertiary/aromatic N) is 3. The molecule has 0 aliphatic carbocycles. The molecule has 0 radical (unpaired) electrons. The van der Waals surface area contributed by atoms with Crippen molar-refractivity contribution in [1.82, 2.24) is 0 Å². The zero-order valence-electron chi connectivity index (χ0n) is 9.60. The molecule has 0 aliphatic rings. The number of sulfonamides is 1. The summed E-state index contributed by atoms with van der Waals surface area (Å²) in [6, 6.07) is 0. The van der Waals surface area contributed by atoms with Crippen molar-refractivity contribution >= 4 is 10.0 Å². The highest BCUT2D eigenvalue weighted by atomic mass is 32.2. The Morgan fingerprint density at radius 3 is 2.64 bits per heavy atom. The summed E-state index contributed by atoms with van der Waals surface area (Å²) in [6.07, 6.45) is 3.84. The number of hydrogen-bond acceptors (Lipinski definition) is 2. The molecular weight excluding hydrogens is 202 g/mol. The van der Waals surface area contributed by atoms with E-state index in [0.717, 1.165) is 19.3 Å². The molecule has 0 fully saturated rings. The maximum absolute atomic E-state index is 11.3. The molecule has 0 rings (SSSR count). The van der Waals surface area contributed by atoms with E-state index in [1.54, 1.807) is 0 Å². The summed E-state index contributed by atoms with van der Waals surface area (Å²) < 4.78 is 32.9. The summed E-state index contributed by atoms with van der Waals surface area (Å²) in [5, 5.41) is -1.70. The van der Waals surface area contributed by atoms with Crippen molar-refractivity contribution in [2.45, 2.75) is 51.2 Å². The number of hydrogen-bond donors (Lipinski definition) is 0. The van der Waals surface area contributed by atoms with E-state index >= 15 is 0 Å². The average molecular weight is 220 g/mol. The van der Waals surface area contributed by atoms with E-state index in [4.69, 9.17) is 6.90 Å². The van der Waals surface area contributed by atoms with Gasteiger partial charge in [-0.1, -0.05) is 32.6 Å². The van der Waals surface area contributed by atoms with Gasteiger partial charge in [0.1, 0.15) is 0 Å². The first-order valence-corrected chi connectivity index (χ1v) is 6.12. The van der Waals surface area contributed by atoms with Gasteiger partial charge in [0.25, 0.3) is 0 Å². The van der Waals surface area contributed by atoms with Crippen LogP contribution in [0.1, 0.15) is 47.3 Å². The second-order valence-corrected chi connectivity index (χ2v) is 4.97. The van der Waals surface area contributed by atoms with Crippen molar-refractivity contribution in [1.29, 1.82) is 0 Å². The van der Waals surface area contributed by atoms with E-state index in [-0.39, 0.29) is 6.42 Å². The molecular formula is C8H17N3O2S. The van der Waals surface area contributed by atoms with Crippen LogP contribution in [-0.4, -0.2) is 13.6 Å². The zero-order valence-corrected chi connectivity index (χ0v) is 9.42. The lowest BCUT2D eigenvalue weighted by Crippen LogP contribution is -2.14. The van der Waals surface area contributed by atoms with E-state index in [2.05, 4.69) is 16.4 Å². The lowest BCUT2D eigenvalue weighted by molar-refractivity contribution is 0.564. The molecule has 0 aromatic rings. The Kier molecular flexibility index (Phi) is 5.40. The average Bonchev–Trinajstić information content (AvgIpc) is 2.12. The first-order chi connectivity index (χ1) is 6.87. The van der Waals surface area contributed by atoms with Crippen molar-refractivity contribution in [3.05, 3.63) is 10.4 Å². The summed E-state index contributed by atoms with van der Waals surface area (Å²) in [5.41, 5.74) is 8.07. The number of azide groups is 1. The highest BCUT2D eigenvalue weighted by molar-refractivity contribution is 7.90. The van der Waals surface area contributed by atoms with Crippen LogP contribution in [0.15, 0.2) is 4.52 Å². The fourth-order valence-electron chi connectivity index (χ4n) is 1.05. The Morgan fingerprint density at radius 1 is 1.50 bits per heavy atom. The molecule has 0 unspecified atom stereocenters. The third-order valence-electron chi connectivity index (χ3n) is 1.97. The summed E-state index contributed by atoms with van der Waals surface area (Å²) in [5.74, 6) is 0. The summed E-state index contributed by atoms with van der Waals surface area (Å²) in [4.78, 5) is 2.24. The molecule has 6 heteroatoms. The highest BCUT2D eigenvalue weighted by Gasteiger charge is 2.17. The Labute approximate surface area is 86.6 Å². The Hall–Kier alpha value is -0.740. The van der Waals surface area contributed by atoms with Crippen molar-refractivity contribution in [3.8, 4) is 0 Å². The molecule has 0 saturated heterocycles. The molecule has 0 bridgehead atoms. The number of rotatable bonds is 7. The summed E-state index contributed by atoms with van der Waals surface area (Å²) >= 11 is 0. The second kappa shape index (κ2) is 6.68. The largest absolute Gasteiger partial charge is 0.238 e. The second-order valence-electron chi connectivity index (χ2n) is 3.16. The molecule has 0 N–H and O–H groups in total. The van der Waals surface area contributed by atoms with Crippen molar-refractivity contribution < 1.29 is 9.79 Å². The molecule has 14 heavy (non-hydrogen) atoms. The minimum absolute atomic E-state index is 0.203. The van der Waals surface area contributed by atoms with E-state index in [1.807, 2.05) is 0 Å². The fraction of sp³-hybridized carbons (Fsp3) is 1.00. The van der Waals surface area contributed by atoms with Crippen molar-refractivity contribution in [2.75, 3.05) is 0 Å². The third-order valence-corrected chi connectivity index (χ3v) is 3.34. The topological polar surface area (TPSA) is 82.9 Å². The van der Waals surface area contributed by atoms with Gasteiger partial charge in [0.2, 0.25) is 10.0 Å². The molecule has 82 valence electrons. The van der Waals surface area contributed by atoms with E-state index in [0.29, 0.717) is 6.42 Å². The van der Waals surface area contributed by atoms with Crippen LogP contribution >= 0.6 is 0 Å². The summed E-state index contributed by atoms with van der Waals surface area (Å²) in [6.45, 7) is 3.32. The van der Waals surface area contributed by atoms with Gasteiger partial charge in [-0.2, -0.15) is 0 Å². The molecule has 0 spiro atoms. The van der Waals surface area contributed by atoms with Gasteiger partial charge in [-0.3, -0.25) is 0 Å². The van der Waals surface area contributed by atoms with E-state index in [9.17, 15) is 8.42 Å². The molecule has 0 heterocycles. The van der Waals surface area contributed by atoms with Crippen LogP contribution in [0.4, 0.5) is 0 Å². The lowest BCUT2D eigenvalue weighted by atomic mass is 10.1. The molecule has 0 aromatic carbocycles. The number of unbranched alkanes of at least 4 members (excludes halogenated alkanes) is 3. The smallest absolute Gasteiger partial charge is 0.221 e. The normalized spacial score (nSPS) is 16.6. The molecule has 0 saturated carbocycles. The first kappa shape index (κ1) is 11.3. The third kappa shape index (κ3) is 5.09. The Bertz CT molecular complexity index is 334. The Balaban J connectivity index is 4.35. The van der Waals surface area contributed by atoms with Crippen LogP contribution in [0.3, 0.4) is 0 Å². The van der Waals surface area contributed by atoms with Crippen molar-refractivity contribution in [2.24, 2.45) is 4.52 Å². The minimum atomic E-state index is -4.02. The molecule has 0 aliphatic heterocycles. The maximum atomic E-state index is 11.3. The molecule has 5 nitrogen and oxygen atoms in total. The van der Waals surface area contributed by atoms with Crippen LogP contribution in [0.5, 0.6) is 0 Å². The standard InChI is InChI=1S/C8H17N3O2S/c1-3-4-5-6-7-8(2)14(12,13)11-10-9/h8H,3-7H2,1-2H3/t8-/m1/s1/i8D. The predicted molar refractivity (Wildman–Crippen MR) is 56.3 cm³/mol. The monoisotopic (exact) mass is 220 g/mol. The highest BCUT2D eigenvalue weighted by Crippen LogP contribution is 2.13. The van der Waals surface area contributed by atoms with Crippen molar-refractivity contribution in [3.63, 3.8) is 0 Å². The fourth-order valence-corrected chi connectivity index (χ4v) is 1.69. The Morgan fingerprint density at radius 2 is 2.14 bits per heavy atom. The van der Waals surface area contributed by atoms with Gasteiger partial charge in [-0.15, -0.1) is 0 Å². The van der Waals surface area contributed by atoms with Crippen LogP contribution in [0.2, 0.25) is 0 Å². The zero-order chi connectivity index (χ0) is 11.9. The van der Waals surface area contributed by atoms with Crippen LogP contribution < -0.4 is 0 Å². The van der Waals surface area contributed by atoms with Crippen LogP contribution in [0, 0.1) is 0 Å². The van der Waals surface area contributed by atoms with Gasteiger partial charge in [-0.05, 0) is 18.9 Å².